The SMILES string of the molecule is COc1ccccc1CCC(=O)N[C@@H]1COC2(CCCC2)C1. The molecule has 1 saturated heterocycles. The van der Waals surface area contributed by atoms with Crippen LogP contribution in [0.4, 0.5) is 0 Å². The summed E-state index contributed by atoms with van der Waals surface area (Å²) in [4.78, 5) is 12.2. The van der Waals surface area contributed by atoms with Gasteiger partial charge in [-0.1, -0.05) is 31.0 Å². The van der Waals surface area contributed by atoms with Gasteiger partial charge in [0.05, 0.1) is 25.4 Å². The maximum absolute atomic E-state index is 12.2. The summed E-state index contributed by atoms with van der Waals surface area (Å²) in [5, 5.41) is 3.13. The molecule has 0 unspecified atom stereocenters. The molecular weight excluding hydrogens is 278 g/mol. The number of nitrogens with one attached hydrogen (secondary N) is 1. The van der Waals surface area contributed by atoms with E-state index in [1.807, 2.05) is 24.3 Å². The van der Waals surface area contributed by atoms with Crippen LogP contribution in [0.3, 0.4) is 0 Å². The van der Waals surface area contributed by atoms with E-state index < -0.39 is 0 Å². The Morgan fingerprint density at radius 3 is 2.91 bits per heavy atom. The van der Waals surface area contributed by atoms with E-state index in [4.69, 9.17) is 9.47 Å². The first-order valence-electron chi connectivity index (χ1n) is 8.26. The lowest BCUT2D eigenvalue weighted by molar-refractivity contribution is -0.121. The van der Waals surface area contributed by atoms with E-state index in [-0.39, 0.29) is 17.6 Å². The first kappa shape index (κ1) is 15.3. The summed E-state index contributed by atoms with van der Waals surface area (Å²) in [6.45, 7) is 0.667. The van der Waals surface area contributed by atoms with Gasteiger partial charge in [0.15, 0.2) is 0 Å². The van der Waals surface area contributed by atoms with Crippen molar-refractivity contribution in [1.82, 2.24) is 5.32 Å². The van der Waals surface area contributed by atoms with Gasteiger partial charge >= 0.3 is 0 Å². The second-order valence-electron chi connectivity index (χ2n) is 6.48. The van der Waals surface area contributed by atoms with Crippen molar-refractivity contribution in [3.8, 4) is 5.75 Å². The zero-order valence-corrected chi connectivity index (χ0v) is 13.3. The molecule has 1 aliphatic heterocycles. The Labute approximate surface area is 132 Å². The number of carbonyl (C=O) groups excluding carboxylic acids is 1. The van der Waals surface area contributed by atoms with Gasteiger partial charge in [0.1, 0.15) is 5.75 Å². The van der Waals surface area contributed by atoms with Crippen LogP contribution < -0.4 is 10.1 Å². The van der Waals surface area contributed by atoms with E-state index in [9.17, 15) is 4.79 Å². The molecule has 4 nitrogen and oxygen atoms in total. The Morgan fingerprint density at radius 1 is 1.36 bits per heavy atom. The molecule has 2 fully saturated rings. The largest absolute Gasteiger partial charge is 0.496 e. The quantitative estimate of drug-likeness (QED) is 0.910. The van der Waals surface area contributed by atoms with Crippen LogP contribution >= 0.6 is 0 Å². The minimum atomic E-state index is 0.0700. The van der Waals surface area contributed by atoms with Gasteiger partial charge in [-0.2, -0.15) is 0 Å². The highest BCUT2D eigenvalue weighted by Gasteiger charge is 2.42. The molecule has 120 valence electrons. The summed E-state index contributed by atoms with van der Waals surface area (Å²) < 4.78 is 11.3. The van der Waals surface area contributed by atoms with Gasteiger partial charge < -0.3 is 14.8 Å². The number of rotatable bonds is 5. The summed E-state index contributed by atoms with van der Waals surface area (Å²) in [7, 11) is 1.66. The highest BCUT2D eigenvalue weighted by Crippen LogP contribution is 2.40. The monoisotopic (exact) mass is 303 g/mol. The normalized spacial score (nSPS) is 22.9. The highest BCUT2D eigenvalue weighted by molar-refractivity contribution is 5.76. The minimum absolute atomic E-state index is 0.0700. The molecule has 2 aliphatic rings. The first-order chi connectivity index (χ1) is 10.7. The van der Waals surface area contributed by atoms with Crippen LogP contribution in [-0.4, -0.2) is 31.3 Å². The minimum Gasteiger partial charge on any atom is -0.496 e. The van der Waals surface area contributed by atoms with E-state index in [0.717, 1.165) is 30.6 Å². The fourth-order valence-corrected chi connectivity index (χ4v) is 3.76. The van der Waals surface area contributed by atoms with Crippen molar-refractivity contribution in [3.63, 3.8) is 0 Å². The van der Waals surface area contributed by atoms with Crippen LogP contribution in [0, 0.1) is 0 Å². The van der Waals surface area contributed by atoms with Crippen molar-refractivity contribution in [2.24, 2.45) is 0 Å². The van der Waals surface area contributed by atoms with E-state index in [0.29, 0.717) is 19.4 Å². The van der Waals surface area contributed by atoms with E-state index in [1.165, 1.54) is 12.8 Å². The summed E-state index contributed by atoms with van der Waals surface area (Å²) in [6.07, 6.45) is 7.00. The highest BCUT2D eigenvalue weighted by atomic mass is 16.5. The van der Waals surface area contributed by atoms with Crippen molar-refractivity contribution in [1.29, 1.82) is 0 Å². The average molecular weight is 303 g/mol. The third kappa shape index (κ3) is 3.43. The number of benzene rings is 1. The van der Waals surface area contributed by atoms with Crippen LogP contribution in [0.1, 0.15) is 44.1 Å². The van der Waals surface area contributed by atoms with Crippen molar-refractivity contribution >= 4 is 5.91 Å². The lowest BCUT2D eigenvalue weighted by atomic mass is 9.96. The van der Waals surface area contributed by atoms with Crippen molar-refractivity contribution in [3.05, 3.63) is 29.8 Å². The van der Waals surface area contributed by atoms with Crippen LogP contribution in [-0.2, 0) is 16.0 Å². The van der Waals surface area contributed by atoms with Gasteiger partial charge in [0, 0.05) is 6.42 Å². The van der Waals surface area contributed by atoms with Crippen LogP contribution in [0.15, 0.2) is 24.3 Å². The zero-order valence-electron chi connectivity index (χ0n) is 13.3. The van der Waals surface area contributed by atoms with Gasteiger partial charge in [0.25, 0.3) is 0 Å². The number of para-hydroxylation sites is 1. The van der Waals surface area contributed by atoms with Gasteiger partial charge in [-0.15, -0.1) is 0 Å². The molecule has 4 heteroatoms. The molecule has 1 saturated carbocycles. The van der Waals surface area contributed by atoms with Gasteiger partial charge in [-0.3, -0.25) is 4.79 Å². The van der Waals surface area contributed by atoms with Crippen LogP contribution in [0.25, 0.3) is 0 Å². The van der Waals surface area contributed by atoms with Gasteiger partial charge in [-0.05, 0) is 37.3 Å². The summed E-state index contributed by atoms with van der Waals surface area (Å²) in [5.74, 6) is 0.957. The molecule has 0 aromatic heterocycles. The van der Waals surface area contributed by atoms with E-state index >= 15 is 0 Å². The number of carbonyl (C=O) groups is 1. The van der Waals surface area contributed by atoms with Gasteiger partial charge in [-0.25, -0.2) is 0 Å². The molecule has 1 atom stereocenters. The molecule has 22 heavy (non-hydrogen) atoms. The molecule has 0 bridgehead atoms. The molecule has 0 radical (unpaired) electrons. The molecule has 1 aromatic rings. The fourth-order valence-electron chi connectivity index (χ4n) is 3.76. The second kappa shape index (κ2) is 6.69. The summed E-state index contributed by atoms with van der Waals surface area (Å²) in [5.41, 5.74) is 1.15. The molecule has 1 N–H and O–H groups in total. The van der Waals surface area contributed by atoms with E-state index in [2.05, 4.69) is 5.32 Å². The predicted octanol–water partition coefficient (Wildman–Crippen LogP) is 2.85. The van der Waals surface area contributed by atoms with Crippen molar-refractivity contribution in [2.45, 2.75) is 56.6 Å². The Balaban J connectivity index is 1.47. The zero-order chi connectivity index (χ0) is 15.4. The number of amides is 1. The Hall–Kier alpha value is -1.55. The molecule has 1 aliphatic carbocycles. The first-order valence-corrected chi connectivity index (χ1v) is 8.26. The second-order valence-corrected chi connectivity index (χ2v) is 6.48. The Kier molecular flexibility index (Phi) is 4.67. The number of hydrogen-bond acceptors (Lipinski definition) is 3. The number of ether oxygens (including phenoxy) is 2. The Morgan fingerprint density at radius 2 is 2.14 bits per heavy atom. The molecular formula is C18H25NO3. The van der Waals surface area contributed by atoms with Crippen molar-refractivity contribution < 1.29 is 14.3 Å². The topological polar surface area (TPSA) is 47.6 Å². The molecule has 3 rings (SSSR count). The standard InChI is InChI=1S/C18H25NO3/c1-21-16-7-3-2-6-14(16)8-9-17(20)19-15-12-18(22-13-15)10-4-5-11-18/h2-3,6-7,15H,4-5,8-13H2,1H3,(H,19,20)/t15-/m0/s1. The number of aryl methyl sites for hydroxylation is 1. The molecule has 1 spiro atoms. The number of methoxy groups -OCH3 is 1. The smallest absolute Gasteiger partial charge is 0.220 e. The van der Waals surface area contributed by atoms with Crippen molar-refractivity contribution in [2.75, 3.05) is 13.7 Å². The lowest BCUT2D eigenvalue weighted by Gasteiger charge is -2.21. The van der Waals surface area contributed by atoms with Crippen LogP contribution in [0.2, 0.25) is 0 Å². The molecule has 1 aromatic carbocycles. The Bertz CT molecular complexity index is 523. The fraction of sp³-hybridized carbons (Fsp3) is 0.611. The molecule has 1 amide bonds. The lowest BCUT2D eigenvalue weighted by Crippen LogP contribution is -2.36. The maximum Gasteiger partial charge on any atom is 0.220 e. The third-order valence-corrected chi connectivity index (χ3v) is 4.90. The maximum atomic E-state index is 12.2. The predicted molar refractivity (Wildman–Crippen MR) is 85.0 cm³/mol. The average Bonchev–Trinajstić information content (AvgIpc) is 3.16. The van der Waals surface area contributed by atoms with E-state index in [1.54, 1.807) is 7.11 Å². The third-order valence-electron chi connectivity index (χ3n) is 4.90. The van der Waals surface area contributed by atoms with Gasteiger partial charge in [0.2, 0.25) is 5.91 Å². The van der Waals surface area contributed by atoms with Crippen LogP contribution in [0.5, 0.6) is 5.75 Å². The summed E-state index contributed by atoms with van der Waals surface area (Å²) in [6, 6.07) is 8.05. The summed E-state index contributed by atoms with van der Waals surface area (Å²) >= 11 is 0. The number of hydrogen-bond donors (Lipinski definition) is 1. The molecule has 1 heterocycles.